The molecule has 154 valence electrons. The molecular weight excluding hydrogens is 360 g/mol. The molecule has 1 saturated heterocycles. The van der Waals surface area contributed by atoms with Crippen molar-refractivity contribution in [2.75, 3.05) is 26.7 Å². The van der Waals surface area contributed by atoms with Gasteiger partial charge in [-0.3, -0.25) is 9.69 Å². The van der Waals surface area contributed by atoms with Gasteiger partial charge in [0.2, 0.25) is 5.91 Å². The maximum Gasteiger partial charge on any atom is 0.223 e. The van der Waals surface area contributed by atoms with Crippen LogP contribution in [0, 0.1) is 11.3 Å². The zero-order valence-electron chi connectivity index (χ0n) is 17.4. The van der Waals surface area contributed by atoms with Gasteiger partial charge in [0.15, 0.2) is 0 Å². The Morgan fingerprint density at radius 1 is 1.10 bits per heavy atom. The first kappa shape index (κ1) is 20.0. The number of nitrogens with zero attached hydrogens (tertiary/aromatic N) is 1. The summed E-state index contributed by atoms with van der Waals surface area (Å²) >= 11 is 0. The lowest BCUT2D eigenvalue weighted by Crippen LogP contribution is -2.37. The summed E-state index contributed by atoms with van der Waals surface area (Å²) in [5.41, 5.74) is 2.85. The van der Waals surface area contributed by atoms with Gasteiger partial charge < -0.3 is 10.1 Å². The zero-order chi connectivity index (χ0) is 20.1. The van der Waals surface area contributed by atoms with Gasteiger partial charge in [-0.05, 0) is 62.2 Å². The number of rotatable bonds is 8. The lowest BCUT2D eigenvalue weighted by Gasteiger charge is -2.33. The first-order chi connectivity index (χ1) is 14.2. The van der Waals surface area contributed by atoms with Gasteiger partial charge in [0.25, 0.3) is 0 Å². The third-order valence-electron chi connectivity index (χ3n) is 6.73. The summed E-state index contributed by atoms with van der Waals surface area (Å²) in [5, 5.41) is 3.18. The topological polar surface area (TPSA) is 41.6 Å². The second-order valence-electron chi connectivity index (χ2n) is 8.59. The third-order valence-corrected chi connectivity index (χ3v) is 6.73. The molecule has 2 aromatic carbocycles. The fraction of sp³-hybridized carbons (Fsp3) is 0.480. The van der Waals surface area contributed by atoms with Crippen molar-refractivity contribution in [2.24, 2.45) is 11.3 Å². The predicted molar refractivity (Wildman–Crippen MR) is 116 cm³/mol. The summed E-state index contributed by atoms with van der Waals surface area (Å²) in [6.45, 7) is 3.84. The number of methoxy groups -OCH3 is 1. The Balaban J connectivity index is 1.18. The summed E-state index contributed by atoms with van der Waals surface area (Å²) in [7, 11) is 1.73. The highest BCUT2D eigenvalue weighted by atomic mass is 16.5. The van der Waals surface area contributed by atoms with Crippen LogP contribution in [-0.2, 0) is 17.8 Å². The first-order valence-electron chi connectivity index (χ1n) is 10.9. The number of carbonyl (C=O) groups is 1. The molecule has 0 bridgehead atoms. The number of hydrogen-bond donors (Lipinski definition) is 1. The van der Waals surface area contributed by atoms with Gasteiger partial charge in [0.05, 0.1) is 7.11 Å². The number of likely N-dealkylation sites (tertiary alicyclic amines) is 1. The summed E-state index contributed by atoms with van der Waals surface area (Å²) < 4.78 is 5.48. The van der Waals surface area contributed by atoms with Crippen LogP contribution < -0.4 is 10.1 Å². The van der Waals surface area contributed by atoms with Gasteiger partial charge >= 0.3 is 0 Å². The molecule has 2 aromatic rings. The van der Waals surface area contributed by atoms with Crippen LogP contribution in [0.3, 0.4) is 0 Å². The molecule has 2 aliphatic rings. The fourth-order valence-electron chi connectivity index (χ4n) is 4.77. The minimum absolute atomic E-state index is 0.229. The van der Waals surface area contributed by atoms with Crippen LogP contribution in [0.2, 0.25) is 0 Å². The number of hydrogen-bond acceptors (Lipinski definition) is 3. The Morgan fingerprint density at radius 2 is 1.83 bits per heavy atom. The van der Waals surface area contributed by atoms with E-state index >= 15 is 0 Å². The molecule has 2 fully saturated rings. The highest BCUT2D eigenvalue weighted by Gasteiger charge is 2.58. The van der Waals surface area contributed by atoms with Crippen molar-refractivity contribution in [3.05, 3.63) is 65.7 Å². The van der Waals surface area contributed by atoms with E-state index in [9.17, 15) is 4.79 Å². The van der Waals surface area contributed by atoms with Crippen molar-refractivity contribution in [1.29, 1.82) is 0 Å². The van der Waals surface area contributed by atoms with Crippen LogP contribution in [-0.4, -0.2) is 37.6 Å². The van der Waals surface area contributed by atoms with E-state index in [1.807, 2.05) is 18.2 Å². The van der Waals surface area contributed by atoms with Gasteiger partial charge in [-0.25, -0.2) is 0 Å². The number of amides is 1. The molecule has 4 rings (SSSR count). The van der Waals surface area contributed by atoms with Crippen molar-refractivity contribution >= 4 is 5.91 Å². The molecular formula is C25H32N2O2. The molecule has 4 heteroatoms. The SMILES string of the molecule is COc1ccccc1CN1CCC2(CC1)CC2C(=O)NCCCc1ccccc1. The zero-order valence-corrected chi connectivity index (χ0v) is 17.4. The summed E-state index contributed by atoms with van der Waals surface area (Å²) in [4.78, 5) is 15.1. The first-order valence-corrected chi connectivity index (χ1v) is 10.9. The average molecular weight is 393 g/mol. The second kappa shape index (κ2) is 9.00. The summed E-state index contributed by atoms with van der Waals surface area (Å²) in [5.74, 6) is 1.47. The molecule has 1 N–H and O–H groups in total. The fourth-order valence-corrected chi connectivity index (χ4v) is 4.77. The molecule has 1 spiro atoms. The van der Waals surface area contributed by atoms with Crippen molar-refractivity contribution in [1.82, 2.24) is 10.2 Å². The largest absolute Gasteiger partial charge is 0.496 e. The Morgan fingerprint density at radius 3 is 2.59 bits per heavy atom. The van der Waals surface area contributed by atoms with E-state index in [1.54, 1.807) is 7.11 Å². The number of carbonyl (C=O) groups excluding carboxylic acids is 1. The number of piperidine rings is 1. The van der Waals surface area contributed by atoms with E-state index < -0.39 is 0 Å². The Hall–Kier alpha value is -2.33. The molecule has 0 aromatic heterocycles. The Bertz CT molecular complexity index is 813. The Kier molecular flexibility index (Phi) is 6.19. The van der Waals surface area contributed by atoms with Crippen LogP contribution in [0.25, 0.3) is 0 Å². The van der Waals surface area contributed by atoms with E-state index in [-0.39, 0.29) is 17.2 Å². The maximum absolute atomic E-state index is 12.6. The standard InChI is InChI=1S/C25H32N2O2/c1-29-23-12-6-5-11-21(23)19-27-16-13-25(14-17-27)18-22(25)24(28)26-15-7-10-20-8-3-2-4-9-20/h2-6,8-9,11-12,22H,7,10,13-19H2,1H3,(H,26,28). The quantitative estimate of drug-likeness (QED) is 0.689. The van der Waals surface area contributed by atoms with E-state index in [0.717, 1.165) is 64.0 Å². The van der Waals surface area contributed by atoms with Gasteiger partial charge in [-0.1, -0.05) is 48.5 Å². The number of para-hydroxylation sites is 1. The van der Waals surface area contributed by atoms with Crippen LogP contribution in [0.1, 0.15) is 36.8 Å². The van der Waals surface area contributed by atoms with Crippen LogP contribution in [0.4, 0.5) is 0 Å². The van der Waals surface area contributed by atoms with Crippen LogP contribution in [0.5, 0.6) is 5.75 Å². The van der Waals surface area contributed by atoms with Gasteiger partial charge in [-0.15, -0.1) is 0 Å². The van der Waals surface area contributed by atoms with Crippen LogP contribution >= 0.6 is 0 Å². The van der Waals surface area contributed by atoms with E-state index in [4.69, 9.17) is 4.74 Å². The smallest absolute Gasteiger partial charge is 0.223 e. The highest BCUT2D eigenvalue weighted by Crippen LogP contribution is 2.59. The number of ether oxygens (including phenoxy) is 1. The monoisotopic (exact) mass is 392 g/mol. The van der Waals surface area contributed by atoms with Gasteiger partial charge in [-0.2, -0.15) is 0 Å². The maximum atomic E-state index is 12.6. The molecule has 0 radical (unpaired) electrons. The lowest BCUT2D eigenvalue weighted by atomic mass is 9.90. The van der Waals surface area contributed by atoms with E-state index in [1.165, 1.54) is 11.1 Å². The number of benzene rings is 2. The van der Waals surface area contributed by atoms with Crippen molar-refractivity contribution in [2.45, 2.75) is 38.6 Å². The molecule has 1 atom stereocenters. The van der Waals surface area contributed by atoms with E-state index in [0.29, 0.717) is 0 Å². The minimum atomic E-state index is 0.229. The second-order valence-corrected chi connectivity index (χ2v) is 8.59. The molecule has 1 saturated carbocycles. The lowest BCUT2D eigenvalue weighted by molar-refractivity contribution is -0.123. The van der Waals surface area contributed by atoms with E-state index in [2.05, 4.69) is 46.6 Å². The third kappa shape index (κ3) is 4.81. The average Bonchev–Trinajstić information content (AvgIpc) is 3.47. The van der Waals surface area contributed by atoms with Gasteiger partial charge in [0.1, 0.15) is 5.75 Å². The molecule has 29 heavy (non-hydrogen) atoms. The van der Waals surface area contributed by atoms with Crippen molar-refractivity contribution in [3.8, 4) is 5.75 Å². The summed E-state index contributed by atoms with van der Waals surface area (Å²) in [6, 6.07) is 18.7. The van der Waals surface area contributed by atoms with Crippen molar-refractivity contribution < 1.29 is 9.53 Å². The number of aryl methyl sites for hydroxylation is 1. The summed E-state index contributed by atoms with van der Waals surface area (Å²) in [6.07, 6.45) is 5.35. The van der Waals surface area contributed by atoms with Gasteiger partial charge in [0, 0.05) is 24.6 Å². The molecule has 1 heterocycles. The molecule has 1 aliphatic heterocycles. The normalized spacial score (nSPS) is 20.4. The number of nitrogens with one attached hydrogen (secondary N) is 1. The molecule has 1 amide bonds. The minimum Gasteiger partial charge on any atom is -0.496 e. The molecule has 4 nitrogen and oxygen atoms in total. The Labute approximate surface area is 174 Å². The predicted octanol–water partition coefficient (Wildman–Crippen LogP) is 4.05. The highest BCUT2D eigenvalue weighted by molar-refractivity contribution is 5.82. The molecule has 1 unspecified atom stereocenters. The molecule has 1 aliphatic carbocycles. The van der Waals surface area contributed by atoms with Crippen molar-refractivity contribution in [3.63, 3.8) is 0 Å². The van der Waals surface area contributed by atoms with Crippen LogP contribution in [0.15, 0.2) is 54.6 Å².